The van der Waals surface area contributed by atoms with E-state index in [1.54, 1.807) is 11.8 Å². The maximum absolute atomic E-state index is 13.0. The lowest BCUT2D eigenvalue weighted by Crippen LogP contribution is -2.50. The molecule has 2 N–H and O–H groups in total. The van der Waals surface area contributed by atoms with Crippen molar-refractivity contribution >= 4 is 18.0 Å². The highest BCUT2D eigenvalue weighted by molar-refractivity contribution is 5.80. The number of rotatable bonds is 7. The first-order valence-corrected chi connectivity index (χ1v) is 12.3. The van der Waals surface area contributed by atoms with E-state index in [4.69, 9.17) is 4.74 Å². The van der Waals surface area contributed by atoms with Crippen molar-refractivity contribution in [3.05, 3.63) is 59.7 Å². The van der Waals surface area contributed by atoms with E-state index in [0.29, 0.717) is 19.4 Å². The number of hydrogen-bond acceptors (Lipinski definition) is 4. The number of alkyl carbamates (subject to hydrolysis) is 1. The Hall–Kier alpha value is -3.35. The summed E-state index contributed by atoms with van der Waals surface area (Å²) in [6, 6.07) is 16.0. The van der Waals surface area contributed by atoms with Crippen LogP contribution in [-0.2, 0) is 14.3 Å². The fourth-order valence-corrected chi connectivity index (χ4v) is 5.36. The summed E-state index contributed by atoms with van der Waals surface area (Å²) in [5, 5.41) is 12.2. The second kappa shape index (κ2) is 10.1. The molecule has 2 atom stereocenters. The topological polar surface area (TPSA) is 95.9 Å². The van der Waals surface area contributed by atoms with E-state index in [1.807, 2.05) is 38.1 Å². The Balaban J connectivity index is 1.30. The maximum atomic E-state index is 13.0. The van der Waals surface area contributed by atoms with Crippen LogP contribution in [0, 0.1) is 11.3 Å². The number of carbonyl (C=O) groups excluding carboxylic acids is 2. The minimum absolute atomic E-state index is 0.00879. The van der Waals surface area contributed by atoms with Crippen LogP contribution in [0.5, 0.6) is 0 Å². The summed E-state index contributed by atoms with van der Waals surface area (Å²) in [6.07, 6.45) is 0.982. The van der Waals surface area contributed by atoms with Gasteiger partial charge in [0.1, 0.15) is 6.61 Å². The van der Waals surface area contributed by atoms with E-state index in [2.05, 4.69) is 29.6 Å². The molecule has 1 aliphatic carbocycles. The molecule has 1 saturated heterocycles. The van der Waals surface area contributed by atoms with Crippen LogP contribution in [0.3, 0.4) is 0 Å². The molecule has 0 saturated carbocycles. The number of likely N-dealkylation sites (tertiary alicyclic amines) is 1. The Bertz CT molecular complexity index is 1070. The molecule has 0 spiro atoms. The molecule has 7 nitrogen and oxygen atoms in total. The molecule has 0 aromatic heterocycles. The minimum atomic E-state index is -0.855. The van der Waals surface area contributed by atoms with E-state index >= 15 is 0 Å². The van der Waals surface area contributed by atoms with Crippen LogP contribution in [0.15, 0.2) is 48.5 Å². The molecule has 0 unspecified atom stereocenters. The summed E-state index contributed by atoms with van der Waals surface area (Å²) in [7, 11) is 0. The lowest BCUT2D eigenvalue weighted by molar-refractivity contribution is -0.149. The van der Waals surface area contributed by atoms with Gasteiger partial charge in [-0.3, -0.25) is 9.59 Å². The van der Waals surface area contributed by atoms with Gasteiger partial charge < -0.3 is 20.1 Å². The molecule has 2 aliphatic rings. The standard InChI is InChI=1S/C28H34N2O5/c1-18-19(26(32)33)13-8-14-30(18)25(31)15-28(2,3)17-29-27(34)35-16-24-22-11-6-4-9-20(22)21-10-5-7-12-23(21)24/h4-7,9-12,18-19,24H,8,13-17H2,1-3H3,(H,29,34)(H,32,33)/t18-,19-/m1/s1. The monoisotopic (exact) mass is 478 g/mol. The van der Waals surface area contributed by atoms with Gasteiger partial charge in [0.15, 0.2) is 0 Å². The number of carboxylic acids is 1. The number of amides is 2. The number of aliphatic carboxylic acids is 1. The molecular formula is C28H34N2O5. The van der Waals surface area contributed by atoms with Crippen molar-refractivity contribution in [2.24, 2.45) is 11.3 Å². The molecule has 35 heavy (non-hydrogen) atoms. The van der Waals surface area contributed by atoms with Crippen molar-refractivity contribution in [3.8, 4) is 11.1 Å². The zero-order valence-corrected chi connectivity index (χ0v) is 20.6. The second-order valence-corrected chi connectivity index (χ2v) is 10.4. The van der Waals surface area contributed by atoms with Crippen LogP contribution < -0.4 is 5.32 Å². The van der Waals surface area contributed by atoms with Crippen LogP contribution in [-0.4, -0.2) is 53.7 Å². The first kappa shape index (κ1) is 24.8. The Morgan fingerprint density at radius 1 is 1.06 bits per heavy atom. The number of carbonyl (C=O) groups is 3. The third kappa shape index (κ3) is 5.34. The molecule has 186 valence electrons. The van der Waals surface area contributed by atoms with Crippen molar-refractivity contribution < 1.29 is 24.2 Å². The van der Waals surface area contributed by atoms with Gasteiger partial charge in [-0.05, 0) is 47.4 Å². The molecule has 7 heteroatoms. The van der Waals surface area contributed by atoms with Gasteiger partial charge in [0.25, 0.3) is 0 Å². The summed E-state index contributed by atoms with van der Waals surface area (Å²) < 4.78 is 5.60. The number of piperidine rings is 1. The van der Waals surface area contributed by atoms with Gasteiger partial charge in [0, 0.05) is 31.5 Å². The average molecular weight is 479 g/mol. The molecule has 4 rings (SSSR count). The summed E-state index contributed by atoms with van der Waals surface area (Å²) in [6.45, 7) is 6.72. The largest absolute Gasteiger partial charge is 0.481 e. The molecule has 1 aliphatic heterocycles. The highest BCUT2D eigenvalue weighted by Gasteiger charge is 2.37. The van der Waals surface area contributed by atoms with Gasteiger partial charge in [-0.15, -0.1) is 0 Å². The Kier molecular flexibility index (Phi) is 7.15. The zero-order valence-electron chi connectivity index (χ0n) is 20.6. The highest BCUT2D eigenvalue weighted by atomic mass is 16.5. The minimum Gasteiger partial charge on any atom is -0.481 e. The lowest BCUT2D eigenvalue weighted by Gasteiger charge is -2.39. The van der Waals surface area contributed by atoms with E-state index in [9.17, 15) is 19.5 Å². The van der Waals surface area contributed by atoms with Gasteiger partial charge in [0.2, 0.25) is 5.91 Å². The number of nitrogens with one attached hydrogen (secondary N) is 1. The van der Waals surface area contributed by atoms with Crippen LogP contribution in [0.1, 0.15) is 57.1 Å². The first-order valence-electron chi connectivity index (χ1n) is 12.3. The van der Waals surface area contributed by atoms with Crippen LogP contribution >= 0.6 is 0 Å². The maximum Gasteiger partial charge on any atom is 0.407 e. The Morgan fingerprint density at radius 2 is 1.66 bits per heavy atom. The van der Waals surface area contributed by atoms with E-state index in [-0.39, 0.29) is 37.4 Å². The Labute approximate surface area is 206 Å². The highest BCUT2D eigenvalue weighted by Crippen LogP contribution is 2.44. The van der Waals surface area contributed by atoms with E-state index in [0.717, 1.165) is 11.1 Å². The van der Waals surface area contributed by atoms with Crippen LogP contribution in [0.2, 0.25) is 0 Å². The predicted molar refractivity (Wildman–Crippen MR) is 133 cm³/mol. The molecule has 1 fully saturated rings. The zero-order chi connectivity index (χ0) is 25.2. The number of nitrogens with zero attached hydrogens (tertiary/aromatic N) is 1. The molecule has 0 bridgehead atoms. The smallest absolute Gasteiger partial charge is 0.407 e. The lowest BCUT2D eigenvalue weighted by atomic mass is 9.86. The quantitative estimate of drug-likeness (QED) is 0.604. The summed E-state index contributed by atoms with van der Waals surface area (Å²) >= 11 is 0. The molecule has 0 radical (unpaired) electrons. The summed E-state index contributed by atoms with van der Waals surface area (Å²) in [4.78, 5) is 38.7. The van der Waals surface area contributed by atoms with Crippen molar-refractivity contribution in [1.29, 1.82) is 0 Å². The SMILES string of the molecule is C[C@@H]1[C@H](C(=O)O)CCCN1C(=O)CC(C)(C)CNC(=O)OCC1c2ccccc2-c2ccccc21. The van der Waals surface area contributed by atoms with Crippen molar-refractivity contribution in [2.45, 2.75) is 52.0 Å². The van der Waals surface area contributed by atoms with Crippen molar-refractivity contribution in [1.82, 2.24) is 10.2 Å². The number of hydrogen-bond donors (Lipinski definition) is 2. The average Bonchev–Trinajstić information content (AvgIpc) is 3.15. The van der Waals surface area contributed by atoms with Gasteiger partial charge in [-0.2, -0.15) is 0 Å². The molecule has 2 amide bonds. The third-order valence-corrected chi connectivity index (χ3v) is 7.31. The molecule has 1 heterocycles. The Morgan fingerprint density at radius 3 is 2.26 bits per heavy atom. The van der Waals surface area contributed by atoms with Gasteiger partial charge in [-0.25, -0.2) is 4.79 Å². The van der Waals surface area contributed by atoms with Crippen LogP contribution in [0.25, 0.3) is 11.1 Å². The number of benzene rings is 2. The van der Waals surface area contributed by atoms with Crippen molar-refractivity contribution in [3.63, 3.8) is 0 Å². The normalized spacial score (nSPS) is 19.6. The van der Waals surface area contributed by atoms with Gasteiger partial charge >= 0.3 is 12.1 Å². The second-order valence-electron chi connectivity index (χ2n) is 10.4. The van der Waals surface area contributed by atoms with Crippen molar-refractivity contribution in [2.75, 3.05) is 19.7 Å². The van der Waals surface area contributed by atoms with Crippen LogP contribution in [0.4, 0.5) is 4.79 Å². The number of ether oxygens (including phenoxy) is 1. The third-order valence-electron chi connectivity index (χ3n) is 7.31. The number of carboxylic acid groups (broad SMARTS) is 1. The fourth-order valence-electron chi connectivity index (χ4n) is 5.36. The summed E-state index contributed by atoms with van der Waals surface area (Å²) in [5.74, 6) is -1.48. The fraction of sp³-hybridized carbons (Fsp3) is 0.464. The van der Waals surface area contributed by atoms with E-state index < -0.39 is 23.4 Å². The van der Waals surface area contributed by atoms with Gasteiger partial charge in [0.05, 0.1) is 5.92 Å². The number of fused-ring (bicyclic) bond motifs is 3. The molecular weight excluding hydrogens is 444 g/mol. The predicted octanol–water partition coefficient (Wildman–Crippen LogP) is 4.65. The van der Waals surface area contributed by atoms with E-state index in [1.165, 1.54) is 11.1 Å². The first-order chi connectivity index (χ1) is 16.7. The summed E-state index contributed by atoms with van der Waals surface area (Å²) in [5.41, 5.74) is 4.16. The molecule has 2 aromatic rings. The molecule has 2 aromatic carbocycles. The van der Waals surface area contributed by atoms with Gasteiger partial charge in [-0.1, -0.05) is 62.4 Å².